The number of nitriles is 2. The van der Waals surface area contributed by atoms with Gasteiger partial charge in [-0.2, -0.15) is 15.5 Å². The molecule has 0 atom stereocenters. The summed E-state index contributed by atoms with van der Waals surface area (Å²) >= 11 is 0. The van der Waals surface area contributed by atoms with Gasteiger partial charge in [-0.15, -0.1) is 0 Å². The zero-order valence-corrected chi connectivity index (χ0v) is 18.9. The molecule has 0 radical (unpaired) electrons. The Kier molecular flexibility index (Phi) is 6.76. The van der Waals surface area contributed by atoms with E-state index >= 15 is 0 Å². The van der Waals surface area contributed by atoms with E-state index in [-0.39, 0.29) is 0 Å². The number of aliphatic imine (C=N–C) groups is 1. The van der Waals surface area contributed by atoms with Crippen LogP contribution in [0.15, 0.2) is 59.9 Å². The molecule has 168 valence electrons. The van der Waals surface area contributed by atoms with E-state index in [4.69, 9.17) is 10.5 Å². The molecule has 4 rings (SSSR count). The van der Waals surface area contributed by atoms with E-state index in [1.54, 1.807) is 6.92 Å². The van der Waals surface area contributed by atoms with E-state index in [1.807, 2.05) is 55.6 Å². The van der Waals surface area contributed by atoms with Crippen LogP contribution in [-0.2, 0) is 0 Å². The van der Waals surface area contributed by atoms with Gasteiger partial charge in [-0.3, -0.25) is 5.32 Å². The van der Waals surface area contributed by atoms with Crippen LogP contribution >= 0.6 is 0 Å². The van der Waals surface area contributed by atoms with Crippen LogP contribution in [-0.4, -0.2) is 33.9 Å². The zero-order valence-electron chi connectivity index (χ0n) is 18.9. The van der Waals surface area contributed by atoms with Gasteiger partial charge in [0.2, 0.25) is 11.9 Å². The van der Waals surface area contributed by atoms with Crippen molar-refractivity contribution in [3.63, 3.8) is 0 Å². The van der Waals surface area contributed by atoms with E-state index in [9.17, 15) is 0 Å². The standard InChI is InChI=1S/C25H23N9/c1-17-22(31-18(2)28-15-27)4-3-5-23(17)32-24-29-16-30-25(33-24)34-12-10-21(11-13-34)20-8-6-19(14-26)7-9-20/h3-10,16H,11-13H2,1-2H3,(H,28,31)(H,29,30,32,33). The second-order valence-electron chi connectivity index (χ2n) is 7.73. The van der Waals surface area contributed by atoms with E-state index in [0.29, 0.717) is 29.8 Å². The summed E-state index contributed by atoms with van der Waals surface area (Å²) < 4.78 is 0. The lowest BCUT2D eigenvalue weighted by Crippen LogP contribution is -2.30. The number of hydrogen-bond donors (Lipinski definition) is 2. The Hall–Kier alpha value is -4.76. The van der Waals surface area contributed by atoms with Gasteiger partial charge in [0.1, 0.15) is 12.2 Å². The molecule has 1 aliphatic rings. The molecular weight excluding hydrogens is 426 g/mol. The Labute approximate surface area is 198 Å². The van der Waals surface area contributed by atoms with Gasteiger partial charge in [-0.25, -0.2) is 15.0 Å². The molecule has 0 bridgehead atoms. The summed E-state index contributed by atoms with van der Waals surface area (Å²) in [5.41, 5.74) is 5.53. The van der Waals surface area contributed by atoms with Gasteiger partial charge in [0.15, 0.2) is 6.19 Å². The minimum Gasteiger partial charge on any atom is -0.337 e. The largest absolute Gasteiger partial charge is 0.337 e. The molecule has 9 heteroatoms. The first-order valence-electron chi connectivity index (χ1n) is 10.8. The van der Waals surface area contributed by atoms with Gasteiger partial charge in [-0.1, -0.05) is 24.3 Å². The van der Waals surface area contributed by atoms with Gasteiger partial charge in [-0.05, 0) is 61.2 Å². The molecule has 0 aliphatic carbocycles. The number of nitrogens with zero attached hydrogens (tertiary/aromatic N) is 7. The maximum Gasteiger partial charge on any atom is 0.232 e. The number of rotatable bonds is 5. The highest BCUT2D eigenvalue weighted by molar-refractivity contribution is 5.84. The van der Waals surface area contributed by atoms with E-state index in [1.165, 1.54) is 11.9 Å². The molecule has 2 N–H and O–H groups in total. The summed E-state index contributed by atoms with van der Waals surface area (Å²) in [5.74, 6) is 1.57. The Bertz CT molecular complexity index is 1330. The summed E-state index contributed by atoms with van der Waals surface area (Å²) in [6.45, 7) is 5.15. The second kappa shape index (κ2) is 10.2. The molecule has 0 saturated heterocycles. The van der Waals surface area contributed by atoms with Crippen LogP contribution in [0.5, 0.6) is 0 Å². The van der Waals surface area contributed by atoms with Crippen LogP contribution in [0.1, 0.15) is 30.0 Å². The monoisotopic (exact) mass is 449 g/mol. The van der Waals surface area contributed by atoms with Crippen LogP contribution in [0.4, 0.5) is 23.3 Å². The number of hydrogen-bond acceptors (Lipinski definition) is 8. The van der Waals surface area contributed by atoms with Crippen LogP contribution in [0.25, 0.3) is 5.57 Å². The summed E-state index contributed by atoms with van der Waals surface area (Å²) in [6.07, 6.45) is 6.40. The third-order valence-corrected chi connectivity index (χ3v) is 5.51. The molecule has 0 saturated carbocycles. The van der Waals surface area contributed by atoms with Crippen molar-refractivity contribution in [2.45, 2.75) is 20.3 Å². The lowest BCUT2D eigenvalue weighted by molar-refractivity contribution is 0.790. The fraction of sp³-hybridized carbons (Fsp3) is 0.200. The van der Waals surface area contributed by atoms with Crippen LogP contribution in [0, 0.1) is 29.7 Å². The minimum absolute atomic E-state index is 0.447. The first-order valence-corrected chi connectivity index (χ1v) is 10.8. The summed E-state index contributed by atoms with van der Waals surface area (Å²) in [6, 6.07) is 15.5. The molecule has 0 fully saturated rings. The molecule has 0 spiro atoms. The summed E-state index contributed by atoms with van der Waals surface area (Å²) in [5, 5.41) is 23.5. The van der Waals surface area contributed by atoms with Crippen LogP contribution in [0.3, 0.4) is 0 Å². The van der Waals surface area contributed by atoms with Gasteiger partial charge in [0.05, 0.1) is 17.3 Å². The summed E-state index contributed by atoms with van der Waals surface area (Å²) in [7, 11) is 0. The predicted octanol–water partition coefficient (Wildman–Crippen LogP) is 4.21. The number of aromatic nitrogens is 3. The average molecular weight is 450 g/mol. The molecule has 1 aromatic heterocycles. The molecule has 0 unspecified atom stereocenters. The van der Waals surface area contributed by atoms with Crippen molar-refractivity contribution in [2.24, 2.45) is 4.99 Å². The predicted molar refractivity (Wildman–Crippen MR) is 132 cm³/mol. The van der Waals surface area contributed by atoms with Gasteiger partial charge in [0, 0.05) is 18.8 Å². The van der Waals surface area contributed by atoms with Crippen molar-refractivity contribution in [1.82, 2.24) is 20.3 Å². The van der Waals surface area contributed by atoms with Crippen LogP contribution < -0.4 is 15.5 Å². The van der Waals surface area contributed by atoms with E-state index in [2.05, 4.69) is 47.6 Å². The quantitative estimate of drug-likeness (QED) is 0.257. The van der Waals surface area contributed by atoms with Crippen molar-refractivity contribution in [1.29, 1.82) is 10.5 Å². The van der Waals surface area contributed by atoms with Crippen molar-refractivity contribution in [2.75, 3.05) is 23.3 Å². The number of anilines is 3. The lowest BCUT2D eigenvalue weighted by atomic mass is 9.99. The number of amidine groups is 1. The lowest BCUT2D eigenvalue weighted by Gasteiger charge is -2.26. The first kappa shape index (κ1) is 22.4. The van der Waals surface area contributed by atoms with Gasteiger partial charge < -0.3 is 10.2 Å². The Balaban J connectivity index is 1.48. The third kappa shape index (κ3) is 5.17. The third-order valence-electron chi connectivity index (χ3n) is 5.51. The highest BCUT2D eigenvalue weighted by Crippen LogP contribution is 2.28. The fourth-order valence-corrected chi connectivity index (χ4v) is 3.66. The van der Waals surface area contributed by atoms with Gasteiger partial charge in [0.25, 0.3) is 0 Å². The minimum atomic E-state index is 0.447. The zero-order chi connectivity index (χ0) is 23.9. The first-order chi connectivity index (χ1) is 16.6. The molecule has 1 aliphatic heterocycles. The van der Waals surface area contributed by atoms with Crippen molar-refractivity contribution in [3.05, 3.63) is 71.6 Å². The van der Waals surface area contributed by atoms with Crippen molar-refractivity contribution >= 4 is 34.7 Å². The van der Waals surface area contributed by atoms with E-state index < -0.39 is 0 Å². The molecule has 34 heavy (non-hydrogen) atoms. The molecule has 2 heterocycles. The maximum absolute atomic E-state index is 8.98. The van der Waals surface area contributed by atoms with Gasteiger partial charge >= 0.3 is 0 Å². The SMILES string of the molecule is CC(=Nc1cccc(Nc2ncnc(N3CC=C(c4ccc(C#N)cc4)CC3)n2)c1C)NC#N. The molecular formula is C25H23N9. The Morgan fingerprint density at radius 1 is 1.12 bits per heavy atom. The molecule has 9 nitrogen and oxygen atoms in total. The van der Waals surface area contributed by atoms with E-state index in [0.717, 1.165) is 35.5 Å². The van der Waals surface area contributed by atoms with Crippen molar-refractivity contribution in [3.8, 4) is 12.3 Å². The molecule has 2 aromatic carbocycles. The topological polar surface area (TPSA) is 126 Å². The molecule has 3 aromatic rings. The normalized spacial score (nSPS) is 13.5. The maximum atomic E-state index is 8.98. The number of benzene rings is 2. The second-order valence-corrected chi connectivity index (χ2v) is 7.73. The number of nitrogens with one attached hydrogen (secondary N) is 2. The highest BCUT2D eigenvalue weighted by atomic mass is 15.3. The highest BCUT2D eigenvalue weighted by Gasteiger charge is 2.16. The Morgan fingerprint density at radius 3 is 2.65 bits per heavy atom. The molecule has 0 amide bonds. The van der Waals surface area contributed by atoms with Crippen molar-refractivity contribution < 1.29 is 0 Å². The Morgan fingerprint density at radius 2 is 1.94 bits per heavy atom. The smallest absolute Gasteiger partial charge is 0.232 e. The average Bonchev–Trinajstić information content (AvgIpc) is 2.87. The fourth-order valence-electron chi connectivity index (χ4n) is 3.66. The summed E-state index contributed by atoms with van der Waals surface area (Å²) in [4.78, 5) is 19.8. The van der Waals surface area contributed by atoms with Crippen LogP contribution in [0.2, 0.25) is 0 Å².